The Bertz CT molecular complexity index is 1590. The third-order valence-electron chi connectivity index (χ3n) is 13.6. The first-order chi connectivity index (χ1) is 38.2. The Morgan fingerprint density at radius 3 is 1.08 bits per heavy atom. The monoisotopic (exact) mass is 1120 g/mol. The first-order valence-electron chi connectivity index (χ1n) is 31.8. The zero-order chi connectivity index (χ0) is 56.9. The summed E-state index contributed by atoms with van der Waals surface area (Å²) in [5.41, 5.74) is 0. The number of rotatable bonds is 59. The van der Waals surface area contributed by atoms with Gasteiger partial charge in [-0.05, 0) is 83.5 Å². The summed E-state index contributed by atoms with van der Waals surface area (Å²) < 4.78 is 39.6. The van der Waals surface area contributed by atoms with Crippen molar-refractivity contribution in [2.45, 2.75) is 303 Å². The smallest absolute Gasteiger partial charge is 0.462 e. The molecule has 3 unspecified atom stereocenters. The van der Waals surface area contributed by atoms with Gasteiger partial charge in [0.15, 0.2) is 6.10 Å². The first kappa shape index (κ1) is 74.9. The van der Waals surface area contributed by atoms with E-state index in [9.17, 15) is 28.9 Å². The quantitative estimate of drug-likeness (QED) is 0.0197. The number of phosphoric acid groups is 1. The molecule has 0 aliphatic carbocycles. The number of carbonyl (C=O) groups excluding carboxylic acids is 3. The molecule has 0 aliphatic heterocycles. The molecule has 0 radical (unpaired) electrons. The molecule has 0 fully saturated rings. The van der Waals surface area contributed by atoms with Gasteiger partial charge >= 0.3 is 25.7 Å². The Morgan fingerprint density at radius 1 is 0.372 bits per heavy atom. The number of hydrogen-bond acceptors (Lipinski definition) is 10. The molecule has 0 rings (SSSR count). The molecular weight excluding hydrogens is 1000 g/mol. The normalized spacial score (nSPS) is 13.8. The van der Waals surface area contributed by atoms with E-state index in [0.717, 1.165) is 128 Å². The summed E-state index contributed by atoms with van der Waals surface area (Å²) in [5, 5.41) is 9.83. The minimum absolute atomic E-state index is 0.160. The Labute approximate surface area is 478 Å². The van der Waals surface area contributed by atoms with Crippen LogP contribution in [0.15, 0.2) is 72.9 Å². The maximum Gasteiger partial charge on any atom is 0.472 e. The van der Waals surface area contributed by atoms with Crippen molar-refractivity contribution in [3.05, 3.63) is 72.9 Å². The highest BCUT2D eigenvalue weighted by Gasteiger charge is 2.28. The summed E-state index contributed by atoms with van der Waals surface area (Å²) in [6, 6.07) is 0. The highest BCUT2D eigenvalue weighted by molar-refractivity contribution is 7.47. The summed E-state index contributed by atoms with van der Waals surface area (Å²) in [6.07, 6.45) is 68.5. The minimum atomic E-state index is -4.76. The van der Waals surface area contributed by atoms with E-state index in [1.165, 1.54) is 103 Å². The number of phosphoric ester groups is 1. The van der Waals surface area contributed by atoms with Crippen LogP contribution in [0.5, 0.6) is 0 Å². The number of aliphatic hydroxyl groups excluding tert-OH is 1. The molecule has 3 atom stereocenters. The van der Waals surface area contributed by atoms with Crippen LogP contribution in [0.25, 0.3) is 0 Å². The van der Waals surface area contributed by atoms with Gasteiger partial charge in [-0.1, -0.05) is 261 Å². The SMILES string of the molecule is CC/C=C\C/C=C\C/C=C\C/C=C\CCCCCCCCC(=O)OCC(COP(=O)(O)OCC(CO)OC(=O)CCCCCCC/C=C\C/C=C\CCC)OC(=O)CCCCCCCCCCCCCCCCCCCCC. The fraction of sp³-hybridized carbons (Fsp3) is 0.773. The second-order valence-electron chi connectivity index (χ2n) is 21.2. The lowest BCUT2D eigenvalue weighted by atomic mass is 10.0. The number of esters is 3. The van der Waals surface area contributed by atoms with Crippen LogP contribution < -0.4 is 0 Å². The second kappa shape index (κ2) is 60.0. The molecule has 452 valence electrons. The van der Waals surface area contributed by atoms with Crippen molar-refractivity contribution in [2.75, 3.05) is 26.4 Å². The number of aliphatic hydroxyl groups is 1. The van der Waals surface area contributed by atoms with Gasteiger partial charge in [0, 0.05) is 19.3 Å². The molecule has 11 nitrogen and oxygen atoms in total. The van der Waals surface area contributed by atoms with Gasteiger partial charge in [0.1, 0.15) is 12.7 Å². The molecule has 0 amide bonds. The minimum Gasteiger partial charge on any atom is -0.462 e. The standard InChI is InChI=1S/C66H117O11P/c1-4-7-10-13-16-19-22-25-27-29-31-33-35-38-40-43-46-49-52-55-64(68)73-59-63(77-66(70)57-54-51-48-45-42-39-36-34-32-30-28-26-23-20-17-14-11-8-5-2)61-75-78(71,72)74-60-62(58-67)76-65(69)56-53-50-47-44-41-37-24-21-18-15-12-9-6-3/h7,10,12,15-16,19,21,24-25,27,31,33,62-63,67H,4-6,8-9,11,13-14,17-18,20,22-23,26,28-30,32,34-61H2,1-3H3,(H,71,72)/b10-7-,15-12-,19-16-,24-21-,27-25-,33-31-. The van der Waals surface area contributed by atoms with Crippen molar-refractivity contribution in [1.82, 2.24) is 0 Å². The number of allylic oxidation sites excluding steroid dienone is 12. The maximum absolute atomic E-state index is 13.0. The lowest BCUT2D eigenvalue weighted by Crippen LogP contribution is -2.30. The number of ether oxygens (including phenoxy) is 3. The molecule has 0 aromatic heterocycles. The number of carbonyl (C=O) groups is 3. The summed E-state index contributed by atoms with van der Waals surface area (Å²) in [5.74, 6) is -1.48. The molecule has 0 saturated carbocycles. The largest absolute Gasteiger partial charge is 0.472 e. The van der Waals surface area contributed by atoms with Gasteiger partial charge in [-0.3, -0.25) is 23.4 Å². The average Bonchev–Trinajstić information content (AvgIpc) is 3.43. The Kier molecular flexibility index (Phi) is 57.7. The van der Waals surface area contributed by atoms with Crippen molar-refractivity contribution in [1.29, 1.82) is 0 Å². The Balaban J connectivity index is 4.72. The predicted octanol–water partition coefficient (Wildman–Crippen LogP) is 19.3. The Morgan fingerprint density at radius 2 is 0.692 bits per heavy atom. The molecule has 2 N–H and O–H groups in total. The van der Waals surface area contributed by atoms with Crippen LogP contribution in [0, 0.1) is 0 Å². The van der Waals surface area contributed by atoms with Crippen molar-refractivity contribution in [2.24, 2.45) is 0 Å². The van der Waals surface area contributed by atoms with E-state index in [4.69, 9.17) is 23.3 Å². The highest BCUT2D eigenvalue weighted by atomic mass is 31.2. The van der Waals surface area contributed by atoms with Crippen molar-refractivity contribution in [3.63, 3.8) is 0 Å². The van der Waals surface area contributed by atoms with Gasteiger partial charge in [0.2, 0.25) is 0 Å². The Hall–Kier alpha value is -3.08. The zero-order valence-corrected chi connectivity index (χ0v) is 51.0. The van der Waals surface area contributed by atoms with Crippen LogP contribution in [0.2, 0.25) is 0 Å². The van der Waals surface area contributed by atoms with Crippen molar-refractivity contribution in [3.8, 4) is 0 Å². The molecule has 0 aromatic carbocycles. The summed E-state index contributed by atoms with van der Waals surface area (Å²) in [7, 11) is -4.76. The van der Waals surface area contributed by atoms with E-state index in [-0.39, 0.29) is 25.9 Å². The zero-order valence-electron chi connectivity index (χ0n) is 50.1. The fourth-order valence-electron chi connectivity index (χ4n) is 8.80. The molecule has 0 saturated heterocycles. The highest BCUT2D eigenvalue weighted by Crippen LogP contribution is 2.43. The molecule has 0 heterocycles. The van der Waals surface area contributed by atoms with Crippen molar-refractivity contribution >= 4 is 25.7 Å². The molecule has 78 heavy (non-hydrogen) atoms. The molecule has 0 aromatic rings. The van der Waals surface area contributed by atoms with Gasteiger partial charge in [-0.15, -0.1) is 0 Å². The van der Waals surface area contributed by atoms with E-state index in [0.29, 0.717) is 19.3 Å². The van der Waals surface area contributed by atoms with Crippen LogP contribution in [0.3, 0.4) is 0 Å². The topological polar surface area (TPSA) is 155 Å². The van der Waals surface area contributed by atoms with E-state index < -0.39 is 57.8 Å². The van der Waals surface area contributed by atoms with Gasteiger partial charge in [0.25, 0.3) is 0 Å². The van der Waals surface area contributed by atoms with Crippen LogP contribution in [-0.4, -0.2) is 66.5 Å². The molecular formula is C66H117O11P. The molecule has 0 bridgehead atoms. The summed E-state index contributed by atoms with van der Waals surface area (Å²) in [4.78, 5) is 48.7. The van der Waals surface area contributed by atoms with Gasteiger partial charge in [-0.2, -0.15) is 0 Å². The third-order valence-corrected chi connectivity index (χ3v) is 14.5. The molecule has 0 spiro atoms. The molecule has 12 heteroatoms. The van der Waals surface area contributed by atoms with Gasteiger partial charge in [-0.25, -0.2) is 4.57 Å². The lowest BCUT2D eigenvalue weighted by Gasteiger charge is -2.21. The average molecular weight is 1120 g/mol. The van der Waals surface area contributed by atoms with Crippen LogP contribution >= 0.6 is 7.82 Å². The van der Waals surface area contributed by atoms with Crippen LogP contribution in [0.4, 0.5) is 0 Å². The van der Waals surface area contributed by atoms with E-state index in [1.54, 1.807) is 0 Å². The first-order valence-corrected chi connectivity index (χ1v) is 33.3. The third kappa shape index (κ3) is 57.6. The predicted molar refractivity (Wildman–Crippen MR) is 325 cm³/mol. The van der Waals surface area contributed by atoms with Crippen LogP contribution in [0.1, 0.15) is 290 Å². The summed E-state index contributed by atoms with van der Waals surface area (Å²) in [6.45, 7) is 4.48. The van der Waals surface area contributed by atoms with E-state index in [1.807, 2.05) is 0 Å². The maximum atomic E-state index is 13.0. The lowest BCUT2D eigenvalue weighted by molar-refractivity contribution is -0.161. The van der Waals surface area contributed by atoms with Gasteiger partial charge < -0.3 is 24.2 Å². The molecule has 0 aliphatic rings. The summed E-state index contributed by atoms with van der Waals surface area (Å²) >= 11 is 0. The number of unbranched alkanes of at least 4 members (excludes halogenated alkanes) is 30. The van der Waals surface area contributed by atoms with E-state index >= 15 is 0 Å². The van der Waals surface area contributed by atoms with Crippen LogP contribution in [-0.2, 0) is 42.2 Å². The van der Waals surface area contributed by atoms with Crippen molar-refractivity contribution < 1.29 is 52.2 Å². The number of hydrogen-bond donors (Lipinski definition) is 2. The fourth-order valence-corrected chi connectivity index (χ4v) is 9.58. The van der Waals surface area contributed by atoms with Gasteiger partial charge in [0.05, 0.1) is 19.8 Å². The second-order valence-corrected chi connectivity index (χ2v) is 22.7. The van der Waals surface area contributed by atoms with E-state index in [2.05, 4.69) is 93.7 Å².